The molecule has 3 heteroatoms. The Morgan fingerprint density at radius 2 is 2.12 bits per heavy atom. The molecule has 0 aliphatic rings. The van der Waals surface area contributed by atoms with Crippen molar-refractivity contribution >= 4 is 0 Å². The first kappa shape index (κ1) is 11.7. The lowest BCUT2D eigenvalue weighted by Gasteiger charge is -2.06. The van der Waals surface area contributed by atoms with Crippen LogP contribution in [0, 0.1) is 6.92 Å². The highest BCUT2D eigenvalue weighted by Crippen LogP contribution is 2.03. The van der Waals surface area contributed by atoms with Gasteiger partial charge in [-0.15, -0.1) is 0 Å². The highest BCUT2D eigenvalue weighted by atomic mass is 14.9. The summed E-state index contributed by atoms with van der Waals surface area (Å²) in [6, 6.07) is 8.05. The summed E-state index contributed by atoms with van der Waals surface area (Å²) in [5.41, 5.74) is 3.67. The van der Waals surface area contributed by atoms with E-state index in [9.17, 15) is 0 Å². The average molecular weight is 227 g/mol. The van der Waals surface area contributed by atoms with Crippen molar-refractivity contribution in [2.45, 2.75) is 19.9 Å². The number of nitrogens with zero attached hydrogens (tertiary/aromatic N) is 2. The van der Waals surface area contributed by atoms with E-state index in [1.54, 1.807) is 0 Å². The Bertz CT molecular complexity index is 454. The number of aromatic nitrogens is 2. The van der Waals surface area contributed by atoms with Gasteiger partial charge in [-0.3, -0.25) is 9.97 Å². The van der Waals surface area contributed by atoms with Crippen molar-refractivity contribution in [3.8, 4) is 0 Å². The molecular weight excluding hydrogens is 210 g/mol. The fourth-order valence-corrected chi connectivity index (χ4v) is 1.67. The molecule has 0 atom stereocenters. The largest absolute Gasteiger partial charge is 0.312 e. The summed E-state index contributed by atoms with van der Waals surface area (Å²) in [4.78, 5) is 8.42. The zero-order valence-corrected chi connectivity index (χ0v) is 10.1. The van der Waals surface area contributed by atoms with E-state index in [0.29, 0.717) is 0 Å². The summed E-state index contributed by atoms with van der Waals surface area (Å²) in [5.74, 6) is 0. The van der Waals surface area contributed by atoms with Crippen LogP contribution in [-0.4, -0.2) is 16.5 Å². The minimum atomic E-state index is 0.868. The molecule has 2 aromatic heterocycles. The first-order valence-corrected chi connectivity index (χ1v) is 5.86. The molecule has 88 valence electrons. The Balaban J connectivity index is 1.76. The highest BCUT2D eigenvalue weighted by Gasteiger charge is 1.97. The van der Waals surface area contributed by atoms with Crippen LogP contribution in [0.1, 0.15) is 16.8 Å². The summed E-state index contributed by atoms with van der Waals surface area (Å²) in [7, 11) is 0. The molecule has 0 unspecified atom stereocenters. The SMILES string of the molecule is Cc1ccncc1CNCCc1ccccn1. The van der Waals surface area contributed by atoms with Crippen LogP contribution < -0.4 is 5.32 Å². The van der Waals surface area contributed by atoms with Gasteiger partial charge in [-0.1, -0.05) is 6.07 Å². The summed E-state index contributed by atoms with van der Waals surface area (Å²) in [6.07, 6.45) is 6.54. The van der Waals surface area contributed by atoms with E-state index in [1.807, 2.05) is 36.8 Å². The van der Waals surface area contributed by atoms with Gasteiger partial charge in [-0.05, 0) is 36.2 Å². The summed E-state index contributed by atoms with van der Waals surface area (Å²) in [6.45, 7) is 3.91. The van der Waals surface area contributed by atoms with E-state index in [0.717, 1.165) is 25.2 Å². The van der Waals surface area contributed by atoms with Crippen LogP contribution in [0.15, 0.2) is 42.9 Å². The maximum Gasteiger partial charge on any atom is 0.0416 e. The Kier molecular flexibility index (Phi) is 4.22. The molecular formula is C14H17N3. The Morgan fingerprint density at radius 1 is 1.18 bits per heavy atom. The molecule has 0 amide bonds. The van der Waals surface area contributed by atoms with Crippen LogP contribution in [0.25, 0.3) is 0 Å². The molecule has 0 aromatic carbocycles. The number of rotatable bonds is 5. The lowest BCUT2D eigenvalue weighted by molar-refractivity contribution is 0.676. The van der Waals surface area contributed by atoms with Crippen molar-refractivity contribution in [2.75, 3.05) is 6.54 Å². The summed E-state index contributed by atoms with van der Waals surface area (Å²) in [5, 5.41) is 3.41. The van der Waals surface area contributed by atoms with Crippen molar-refractivity contribution in [1.82, 2.24) is 15.3 Å². The van der Waals surface area contributed by atoms with Gasteiger partial charge in [0.15, 0.2) is 0 Å². The number of hydrogen-bond acceptors (Lipinski definition) is 3. The Morgan fingerprint density at radius 3 is 2.88 bits per heavy atom. The molecule has 2 heterocycles. The van der Waals surface area contributed by atoms with Gasteiger partial charge in [0.2, 0.25) is 0 Å². The molecule has 0 bridgehead atoms. The van der Waals surface area contributed by atoms with Gasteiger partial charge in [0.05, 0.1) is 0 Å². The minimum absolute atomic E-state index is 0.868. The third kappa shape index (κ3) is 3.64. The topological polar surface area (TPSA) is 37.8 Å². The molecule has 17 heavy (non-hydrogen) atoms. The number of nitrogens with one attached hydrogen (secondary N) is 1. The number of pyridine rings is 2. The van der Waals surface area contributed by atoms with Gasteiger partial charge < -0.3 is 5.32 Å². The first-order valence-electron chi connectivity index (χ1n) is 5.86. The number of aryl methyl sites for hydroxylation is 1. The quantitative estimate of drug-likeness (QED) is 0.795. The second-order valence-corrected chi connectivity index (χ2v) is 4.05. The van der Waals surface area contributed by atoms with E-state index in [2.05, 4.69) is 28.3 Å². The normalized spacial score (nSPS) is 10.4. The lowest BCUT2D eigenvalue weighted by Crippen LogP contribution is -2.17. The van der Waals surface area contributed by atoms with Crippen LogP contribution in [-0.2, 0) is 13.0 Å². The summed E-state index contributed by atoms with van der Waals surface area (Å²) >= 11 is 0. The smallest absolute Gasteiger partial charge is 0.0416 e. The van der Waals surface area contributed by atoms with Crippen molar-refractivity contribution in [1.29, 1.82) is 0 Å². The molecule has 0 fully saturated rings. The highest BCUT2D eigenvalue weighted by molar-refractivity contribution is 5.21. The predicted molar refractivity (Wildman–Crippen MR) is 68.6 cm³/mol. The standard InChI is InChI=1S/C14H17N3/c1-12-5-8-15-10-13(12)11-16-9-6-14-4-2-3-7-17-14/h2-5,7-8,10,16H,6,9,11H2,1H3. The maximum atomic E-state index is 4.29. The molecule has 0 saturated heterocycles. The van der Waals surface area contributed by atoms with Crippen molar-refractivity contribution in [3.63, 3.8) is 0 Å². The molecule has 0 aliphatic heterocycles. The average Bonchev–Trinajstić information content (AvgIpc) is 2.38. The molecule has 2 aromatic rings. The minimum Gasteiger partial charge on any atom is -0.312 e. The van der Waals surface area contributed by atoms with Crippen molar-refractivity contribution in [3.05, 3.63) is 59.7 Å². The van der Waals surface area contributed by atoms with Crippen LogP contribution in [0.4, 0.5) is 0 Å². The zero-order valence-electron chi connectivity index (χ0n) is 10.1. The van der Waals surface area contributed by atoms with Gasteiger partial charge in [-0.25, -0.2) is 0 Å². The van der Waals surface area contributed by atoms with Crippen LogP contribution in [0.3, 0.4) is 0 Å². The molecule has 0 spiro atoms. The van der Waals surface area contributed by atoms with E-state index in [4.69, 9.17) is 0 Å². The molecule has 2 rings (SSSR count). The van der Waals surface area contributed by atoms with Crippen molar-refractivity contribution < 1.29 is 0 Å². The van der Waals surface area contributed by atoms with Gasteiger partial charge in [-0.2, -0.15) is 0 Å². The molecule has 0 aliphatic carbocycles. The van der Waals surface area contributed by atoms with Crippen molar-refractivity contribution in [2.24, 2.45) is 0 Å². The van der Waals surface area contributed by atoms with E-state index in [-0.39, 0.29) is 0 Å². The van der Waals surface area contributed by atoms with Crippen LogP contribution >= 0.6 is 0 Å². The van der Waals surface area contributed by atoms with Crippen LogP contribution in [0.5, 0.6) is 0 Å². The third-order valence-electron chi connectivity index (χ3n) is 2.75. The number of hydrogen-bond donors (Lipinski definition) is 1. The van der Waals surface area contributed by atoms with Gasteiger partial charge in [0.25, 0.3) is 0 Å². The molecule has 0 saturated carbocycles. The van der Waals surface area contributed by atoms with E-state index in [1.165, 1.54) is 11.1 Å². The van der Waals surface area contributed by atoms with Gasteiger partial charge in [0, 0.05) is 43.8 Å². The Hall–Kier alpha value is -1.74. The molecule has 3 nitrogen and oxygen atoms in total. The molecule has 0 radical (unpaired) electrons. The predicted octanol–water partition coefficient (Wildman–Crippen LogP) is 2.12. The van der Waals surface area contributed by atoms with E-state index < -0.39 is 0 Å². The fourth-order valence-electron chi connectivity index (χ4n) is 1.67. The monoisotopic (exact) mass is 227 g/mol. The summed E-state index contributed by atoms with van der Waals surface area (Å²) < 4.78 is 0. The fraction of sp³-hybridized carbons (Fsp3) is 0.286. The molecule has 1 N–H and O–H groups in total. The Labute approximate surface area is 102 Å². The maximum absolute atomic E-state index is 4.29. The first-order chi connectivity index (χ1) is 8.36. The zero-order chi connectivity index (χ0) is 11.9. The van der Waals surface area contributed by atoms with Crippen LogP contribution in [0.2, 0.25) is 0 Å². The second kappa shape index (κ2) is 6.11. The third-order valence-corrected chi connectivity index (χ3v) is 2.75. The lowest BCUT2D eigenvalue weighted by atomic mass is 10.1. The van der Waals surface area contributed by atoms with E-state index >= 15 is 0 Å². The van der Waals surface area contributed by atoms with Gasteiger partial charge in [0.1, 0.15) is 0 Å². The second-order valence-electron chi connectivity index (χ2n) is 4.05. The van der Waals surface area contributed by atoms with Gasteiger partial charge >= 0.3 is 0 Å².